The van der Waals surface area contributed by atoms with Crippen molar-refractivity contribution < 1.29 is 27.5 Å². The molecule has 43 heavy (non-hydrogen) atoms. The Bertz CT molecular complexity index is 1530. The van der Waals surface area contributed by atoms with Gasteiger partial charge < -0.3 is 19.7 Å². The molecule has 1 N–H and O–H groups in total. The number of ether oxygens (including phenoxy) is 2. The second kappa shape index (κ2) is 12.3. The summed E-state index contributed by atoms with van der Waals surface area (Å²) in [7, 11) is -3.87. The largest absolute Gasteiger partial charge is 0.494 e. The number of aromatic nitrogens is 1. The highest BCUT2D eigenvalue weighted by atomic mass is 32.2. The molecular formula is C32H38N4O6S. The highest BCUT2D eigenvalue weighted by Gasteiger charge is 2.58. The Morgan fingerprint density at radius 3 is 2.23 bits per heavy atom. The number of carbonyl (C=O) groups is 2. The smallest absolute Gasteiger partial charge is 0.410 e. The Morgan fingerprint density at radius 1 is 0.977 bits per heavy atom. The number of benzene rings is 2. The molecule has 228 valence electrons. The zero-order valence-corrected chi connectivity index (χ0v) is 25.7. The van der Waals surface area contributed by atoms with Crippen molar-refractivity contribution in [2.75, 3.05) is 19.7 Å². The van der Waals surface area contributed by atoms with Crippen molar-refractivity contribution in [3.05, 3.63) is 89.7 Å². The van der Waals surface area contributed by atoms with Crippen LogP contribution in [0.2, 0.25) is 0 Å². The van der Waals surface area contributed by atoms with E-state index in [-0.39, 0.29) is 47.9 Å². The maximum Gasteiger partial charge on any atom is 0.410 e. The van der Waals surface area contributed by atoms with Gasteiger partial charge in [-0.05, 0) is 81.8 Å². The van der Waals surface area contributed by atoms with Crippen molar-refractivity contribution in [1.82, 2.24) is 19.5 Å². The molecule has 0 radical (unpaired) electrons. The van der Waals surface area contributed by atoms with Gasteiger partial charge in [0.15, 0.2) is 0 Å². The van der Waals surface area contributed by atoms with Gasteiger partial charge in [-0.1, -0.05) is 18.2 Å². The van der Waals surface area contributed by atoms with E-state index < -0.39 is 15.6 Å². The topological polar surface area (TPSA) is 118 Å². The van der Waals surface area contributed by atoms with Crippen molar-refractivity contribution in [2.24, 2.45) is 11.8 Å². The maximum atomic E-state index is 13.7. The average Bonchev–Trinajstić information content (AvgIpc) is 3.39. The van der Waals surface area contributed by atoms with Crippen LogP contribution in [0.25, 0.3) is 0 Å². The molecule has 2 amide bonds. The Hall–Kier alpha value is -3.96. The number of piperidine rings is 1. The molecule has 2 aromatic carbocycles. The molecule has 1 saturated carbocycles. The van der Waals surface area contributed by atoms with Crippen LogP contribution < -0.4 is 10.1 Å². The van der Waals surface area contributed by atoms with Gasteiger partial charge in [-0.15, -0.1) is 0 Å². The third-order valence-corrected chi connectivity index (χ3v) is 9.36. The molecule has 3 aromatic rings. The van der Waals surface area contributed by atoms with Gasteiger partial charge in [-0.3, -0.25) is 9.78 Å². The van der Waals surface area contributed by atoms with Crippen LogP contribution in [0.1, 0.15) is 49.3 Å². The number of hydrogen-bond acceptors (Lipinski definition) is 7. The molecule has 5 rings (SSSR count). The molecule has 1 aliphatic carbocycles. The number of pyridine rings is 1. The molecule has 2 aliphatic rings. The first-order valence-corrected chi connectivity index (χ1v) is 15.9. The van der Waals surface area contributed by atoms with E-state index in [4.69, 9.17) is 9.47 Å². The summed E-state index contributed by atoms with van der Waals surface area (Å²) < 4.78 is 39.7. The zero-order valence-electron chi connectivity index (χ0n) is 24.9. The predicted molar refractivity (Wildman–Crippen MR) is 161 cm³/mol. The summed E-state index contributed by atoms with van der Waals surface area (Å²) >= 11 is 0. The molecular weight excluding hydrogens is 568 g/mol. The SMILES string of the molecule is CCOc1ccc(S(=O)(=O)N(Cc2ccc(C(=O)NC3C4CN(C(=O)OC(C)(C)C)CC43)cc2)Cc2ccccn2)cc1. The van der Waals surface area contributed by atoms with Crippen molar-refractivity contribution in [1.29, 1.82) is 0 Å². The van der Waals surface area contributed by atoms with E-state index in [0.29, 0.717) is 36.7 Å². The van der Waals surface area contributed by atoms with Gasteiger partial charge in [-0.25, -0.2) is 13.2 Å². The third kappa shape index (κ3) is 7.34. The van der Waals surface area contributed by atoms with E-state index in [1.54, 1.807) is 71.8 Å². The Kier molecular flexibility index (Phi) is 8.75. The minimum Gasteiger partial charge on any atom is -0.494 e. The second-order valence-electron chi connectivity index (χ2n) is 11.9. The average molecular weight is 607 g/mol. The summed E-state index contributed by atoms with van der Waals surface area (Å²) in [6.07, 6.45) is 1.31. The van der Waals surface area contributed by atoms with Gasteiger partial charge >= 0.3 is 6.09 Å². The van der Waals surface area contributed by atoms with E-state index >= 15 is 0 Å². The van der Waals surface area contributed by atoms with E-state index in [2.05, 4.69) is 10.3 Å². The summed E-state index contributed by atoms with van der Waals surface area (Å²) in [6.45, 7) is 9.20. The lowest BCUT2D eigenvalue weighted by atomic mass is 10.1. The number of likely N-dealkylation sites (tertiary alicyclic amines) is 1. The highest BCUT2D eigenvalue weighted by molar-refractivity contribution is 7.89. The van der Waals surface area contributed by atoms with Gasteiger partial charge in [0, 0.05) is 49.3 Å². The summed E-state index contributed by atoms with van der Waals surface area (Å²) in [6, 6.07) is 18.7. The van der Waals surface area contributed by atoms with Gasteiger partial charge in [0.25, 0.3) is 5.91 Å². The van der Waals surface area contributed by atoms with Crippen LogP contribution in [0.3, 0.4) is 0 Å². The highest BCUT2D eigenvalue weighted by Crippen LogP contribution is 2.46. The maximum absolute atomic E-state index is 13.7. The van der Waals surface area contributed by atoms with E-state index in [0.717, 1.165) is 5.56 Å². The third-order valence-electron chi connectivity index (χ3n) is 7.56. The van der Waals surface area contributed by atoms with Crippen LogP contribution in [0.15, 0.2) is 77.8 Å². The van der Waals surface area contributed by atoms with Crippen LogP contribution in [0.4, 0.5) is 4.79 Å². The molecule has 10 nitrogen and oxygen atoms in total. The lowest BCUT2D eigenvalue weighted by molar-refractivity contribution is 0.0270. The van der Waals surface area contributed by atoms with Crippen LogP contribution in [-0.4, -0.2) is 65.9 Å². The Labute approximate surface area is 253 Å². The lowest BCUT2D eigenvalue weighted by Crippen LogP contribution is -2.40. The number of sulfonamides is 1. The lowest BCUT2D eigenvalue weighted by Gasteiger charge is -2.26. The van der Waals surface area contributed by atoms with Crippen LogP contribution in [0.5, 0.6) is 5.75 Å². The summed E-state index contributed by atoms with van der Waals surface area (Å²) in [4.78, 5) is 31.5. The van der Waals surface area contributed by atoms with Gasteiger partial charge in [0.05, 0.1) is 23.7 Å². The summed E-state index contributed by atoms with van der Waals surface area (Å²) in [5.74, 6) is 0.858. The van der Waals surface area contributed by atoms with Gasteiger partial charge in [-0.2, -0.15) is 4.31 Å². The predicted octanol–water partition coefficient (Wildman–Crippen LogP) is 4.47. The molecule has 11 heteroatoms. The first-order chi connectivity index (χ1) is 20.4. The molecule has 2 fully saturated rings. The number of amides is 2. The summed E-state index contributed by atoms with van der Waals surface area (Å²) in [5, 5.41) is 3.09. The number of carbonyl (C=O) groups excluding carboxylic acids is 2. The Morgan fingerprint density at radius 2 is 1.65 bits per heavy atom. The molecule has 0 bridgehead atoms. The molecule has 2 heterocycles. The molecule has 1 aromatic heterocycles. The van der Waals surface area contributed by atoms with Crippen molar-refractivity contribution in [3.63, 3.8) is 0 Å². The minimum absolute atomic E-state index is 0.0268. The summed E-state index contributed by atoms with van der Waals surface area (Å²) in [5.41, 5.74) is 1.30. The number of fused-ring (bicyclic) bond motifs is 1. The molecule has 2 unspecified atom stereocenters. The van der Waals surface area contributed by atoms with Gasteiger partial charge in [0.2, 0.25) is 10.0 Å². The zero-order chi connectivity index (χ0) is 30.8. The first-order valence-electron chi connectivity index (χ1n) is 14.5. The van der Waals surface area contributed by atoms with Crippen molar-refractivity contribution in [3.8, 4) is 5.75 Å². The van der Waals surface area contributed by atoms with E-state index in [9.17, 15) is 18.0 Å². The van der Waals surface area contributed by atoms with Crippen LogP contribution >= 0.6 is 0 Å². The number of rotatable bonds is 10. The quantitative estimate of drug-likeness (QED) is 0.362. The molecule has 1 aliphatic heterocycles. The van der Waals surface area contributed by atoms with E-state index in [1.807, 2.05) is 33.8 Å². The van der Waals surface area contributed by atoms with E-state index in [1.165, 1.54) is 4.31 Å². The number of nitrogens with zero attached hydrogens (tertiary/aromatic N) is 3. The minimum atomic E-state index is -3.87. The van der Waals surface area contributed by atoms with Crippen molar-refractivity contribution >= 4 is 22.0 Å². The van der Waals surface area contributed by atoms with Crippen molar-refractivity contribution in [2.45, 2.75) is 57.3 Å². The number of nitrogens with one attached hydrogen (secondary N) is 1. The molecule has 1 saturated heterocycles. The Balaban J connectivity index is 1.22. The second-order valence-corrected chi connectivity index (χ2v) is 13.8. The monoisotopic (exact) mass is 606 g/mol. The van der Waals surface area contributed by atoms with Gasteiger partial charge in [0.1, 0.15) is 11.4 Å². The van der Waals surface area contributed by atoms with Crippen LogP contribution in [-0.2, 0) is 27.8 Å². The normalized spacial score (nSPS) is 19.6. The standard InChI is InChI=1S/C32H38N4O6S/c1-5-41-25-13-15-26(16-14-25)43(39,40)36(19-24-8-6-7-17-33-24)18-22-9-11-23(12-10-22)30(37)34-29-27-20-35(21-28(27)29)31(38)42-32(2,3)4/h6-17,27-29H,5,18-21H2,1-4H3,(H,34,37). The fourth-order valence-corrected chi connectivity index (χ4v) is 6.74. The molecule has 0 spiro atoms. The fraction of sp³-hybridized carbons (Fsp3) is 0.406. The fourth-order valence-electron chi connectivity index (χ4n) is 5.34. The first kappa shape index (κ1) is 30.5. The van der Waals surface area contributed by atoms with Crippen LogP contribution in [0, 0.1) is 11.8 Å². The number of hydrogen-bond donors (Lipinski definition) is 1. The molecule has 2 atom stereocenters.